The zero-order valence-electron chi connectivity index (χ0n) is 15.8. The predicted molar refractivity (Wildman–Crippen MR) is 109 cm³/mol. The third-order valence-electron chi connectivity index (χ3n) is 4.44. The average molecular weight is 373 g/mol. The summed E-state index contributed by atoms with van der Waals surface area (Å²) < 4.78 is 5.30. The molecule has 3 aromatic rings. The minimum Gasteiger partial charge on any atom is -0.445 e. The van der Waals surface area contributed by atoms with E-state index in [1.54, 1.807) is 12.1 Å². The Balaban J connectivity index is 1.70. The Kier molecular flexibility index (Phi) is 6.58. The molecule has 1 N–H and O–H groups in total. The van der Waals surface area contributed by atoms with Gasteiger partial charge in [0, 0.05) is 12.0 Å². The highest BCUT2D eigenvalue weighted by Gasteiger charge is 2.23. The van der Waals surface area contributed by atoms with Crippen LogP contribution in [0.1, 0.15) is 27.0 Å². The maximum atomic E-state index is 13.0. The van der Waals surface area contributed by atoms with Crippen LogP contribution in [0.15, 0.2) is 84.9 Å². The highest BCUT2D eigenvalue weighted by Crippen LogP contribution is 2.12. The second-order valence-electron chi connectivity index (χ2n) is 6.68. The molecule has 0 unspecified atom stereocenters. The minimum absolute atomic E-state index is 0.138. The highest BCUT2D eigenvalue weighted by atomic mass is 16.5. The van der Waals surface area contributed by atoms with Crippen molar-refractivity contribution in [3.05, 3.63) is 107 Å². The average Bonchev–Trinajstić information content (AvgIpc) is 2.73. The first-order valence-corrected chi connectivity index (χ1v) is 9.24. The molecule has 4 nitrogen and oxygen atoms in total. The van der Waals surface area contributed by atoms with Gasteiger partial charge in [-0.2, -0.15) is 0 Å². The van der Waals surface area contributed by atoms with E-state index in [0.717, 1.165) is 16.7 Å². The lowest BCUT2D eigenvalue weighted by molar-refractivity contribution is 0.0916. The molecule has 0 saturated carbocycles. The van der Waals surface area contributed by atoms with Gasteiger partial charge in [0.1, 0.15) is 6.61 Å². The van der Waals surface area contributed by atoms with Crippen LogP contribution in [-0.4, -0.2) is 17.9 Å². The fourth-order valence-electron chi connectivity index (χ4n) is 2.89. The number of ether oxygens (including phenoxy) is 1. The van der Waals surface area contributed by atoms with Crippen molar-refractivity contribution in [3.8, 4) is 0 Å². The lowest BCUT2D eigenvalue weighted by Gasteiger charge is -2.18. The molecule has 3 aromatic carbocycles. The standard InChI is InChI=1S/C24H23NO3/c1-18-12-14-21(15-13-18)23(26)22(16-19-8-4-2-5-9-19)25-24(27)28-17-20-10-6-3-7-11-20/h2-15,22H,16-17H2,1H3,(H,25,27)/t22-/m1/s1. The van der Waals surface area contributed by atoms with Gasteiger partial charge in [0.2, 0.25) is 0 Å². The summed E-state index contributed by atoms with van der Waals surface area (Å²) in [7, 11) is 0. The Morgan fingerprint density at radius 2 is 1.39 bits per heavy atom. The van der Waals surface area contributed by atoms with E-state index >= 15 is 0 Å². The molecule has 3 rings (SSSR count). The fraction of sp³-hybridized carbons (Fsp3) is 0.167. The van der Waals surface area contributed by atoms with E-state index in [0.29, 0.717) is 12.0 Å². The van der Waals surface area contributed by atoms with Crippen molar-refractivity contribution in [3.63, 3.8) is 0 Å². The topological polar surface area (TPSA) is 55.4 Å². The molecule has 0 aliphatic heterocycles. The lowest BCUT2D eigenvalue weighted by Crippen LogP contribution is -2.42. The summed E-state index contributed by atoms with van der Waals surface area (Å²) in [5.74, 6) is -0.138. The molecule has 0 fully saturated rings. The first-order chi connectivity index (χ1) is 13.6. The maximum Gasteiger partial charge on any atom is 0.408 e. The van der Waals surface area contributed by atoms with Crippen LogP contribution in [0.5, 0.6) is 0 Å². The predicted octanol–water partition coefficient (Wildman–Crippen LogP) is 4.72. The Morgan fingerprint density at radius 1 is 0.821 bits per heavy atom. The van der Waals surface area contributed by atoms with Gasteiger partial charge in [-0.15, -0.1) is 0 Å². The first kappa shape index (κ1) is 19.4. The SMILES string of the molecule is Cc1ccc(C(=O)[C@@H](Cc2ccccc2)NC(=O)OCc2ccccc2)cc1. The molecule has 0 heterocycles. The van der Waals surface area contributed by atoms with Gasteiger partial charge in [0.15, 0.2) is 5.78 Å². The van der Waals surface area contributed by atoms with E-state index in [4.69, 9.17) is 4.74 Å². The summed E-state index contributed by atoms with van der Waals surface area (Å²) in [5, 5.41) is 2.74. The Labute approximate surface area is 165 Å². The third-order valence-corrected chi connectivity index (χ3v) is 4.44. The number of Topliss-reactive ketones (excluding diaryl/α,β-unsaturated/α-hetero) is 1. The summed E-state index contributed by atoms with van der Waals surface area (Å²) in [6.45, 7) is 2.12. The number of amides is 1. The van der Waals surface area contributed by atoms with Gasteiger partial charge in [-0.1, -0.05) is 90.5 Å². The van der Waals surface area contributed by atoms with Crippen molar-refractivity contribution in [1.82, 2.24) is 5.32 Å². The number of nitrogens with one attached hydrogen (secondary N) is 1. The summed E-state index contributed by atoms with van der Waals surface area (Å²) >= 11 is 0. The maximum absolute atomic E-state index is 13.0. The zero-order chi connectivity index (χ0) is 19.8. The molecule has 28 heavy (non-hydrogen) atoms. The van der Waals surface area contributed by atoms with Crippen LogP contribution >= 0.6 is 0 Å². The van der Waals surface area contributed by atoms with E-state index in [1.807, 2.05) is 79.7 Å². The number of carbonyl (C=O) groups excluding carboxylic acids is 2. The van der Waals surface area contributed by atoms with E-state index in [-0.39, 0.29) is 12.4 Å². The Bertz CT molecular complexity index is 906. The van der Waals surface area contributed by atoms with Gasteiger partial charge in [-0.05, 0) is 18.1 Å². The van der Waals surface area contributed by atoms with Gasteiger partial charge in [0.05, 0.1) is 6.04 Å². The number of carbonyl (C=O) groups is 2. The zero-order valence-corrected chi connectivity index (χ0v) is 15.8. The van der Waals surface area contributed by atoms with E-state index in [9.17, 15) is 9.59 Å². The quantitative estimate of drug-likeness (QED) is 0.610. The first-order valence-electron chi connectivity index (χ1n) is 9.24. The molecular weight excluding hydrogens is 350 g/mol. The number of hydrogen-bond acceptors (Lipinski definition) is 3. The normalized spacial score (nSPS) is 11.5. The molecule has 0 saturated heterocycles. The summed E-state index contributed by atoms with van der Waals surface area (Å²) in [6.07, 6.45) is -0.209. The molecule has 142 valence electrons. The molecule has 0 spiro atoms. The Morgan fingerprint density at radius 3 is 2.00 bits per heavy atom. The minimum atomic E-state index is -0.701. The number of benzene rings is 3. The second-order valence-corrected chi connectivity index (χ2v) is 6.68. The van der Waals surface area contributed by atoms with Gasteiger partial charge in [-0.25, -0.2) is 4.79 Å². The summed E-state index contributed by atoms with van der Waals surface area (Å²) in [6, 6.07) is 25.7. The molecule has 0 bridgehead atoms. The van der Waals surface area contributed by atoms with E-state index < -0.39 is 12.1 Å². The molecule has 1 amide bonds. The van der Waals surface area contributed by atoms with Crippen LogP contribution in [0.2, 0.25) is 0 Å². The van der Waals surface area contributed by atoms with E-state index in [1.165, 1.54) is 0 Å². The van der Waals surface area contributed by atoms with Crippen molar-refractivity contribution >= 4 is 11.9 Å². The van der Waals surface area contributed by atoms with Crippen LogP contribution in [0.25, 0.3) is 0 Å². The van der Waals surface area contributed by atoms with Crippen molar-refractivity contribution in [2.24, 2.45) is 0 Å². The van der Waals surface area contributed by atoms with E-state index in [2.05, 4.69) is 5.32 Å². The van der Waals surface area contributed by atoms with Crippen molar-refractivity contribution in [2.45, 2.75) is 26.0 Å². The highest BCUT2D eigenvalue weighted by molar-refractivity contribution is 6.01. The molecule has 0 radical (unpaired) electrons. The van der Waals surface area contributed by atoms with Gasteiger partial charge in [0.25, 0.3) is 0 Å². The largest absolute Gasteiger partial charge is 0.445 e. The summed E-state index contributed by atoms with van der Waals surface area (Å²) in [4.78, 5) is 25.3. The monoisotopic (exact) mass is 373 g/mol. The van der Waals surface area contributed by atoms with Crippen LogP contribution in [0.3, 0.4) is 0 Å². The van der Waals surface area contributed by atoms with Crippen molar-refractivity contribution < 1.29 is 14.3 Å². The van der Waals surface area contributed by atoms with Crippen molar-refractivity contribution in [2.75, 3.05) is 0 Å². The van der Waals surface area contributed by atoms with Crippen LogP contribution in [-0.2, 0) is 17.8 Å². The lowest BCUT2D eigenvalue weighted by atomic mass is 9.97. The molecular formula is C24H23NO3. The van der Waals surface area contributed by atoms with Crippen LogP contribution < -0.4 is 5.32 Å². The van der Waals surface area contributed by atoms with Gasteiger partial charge in [-0.3, -0.25) is 4.79 Å². The second kappa shape index (κ2) is 9.51. The number of alkyl carbamates (subject to hydrolysis) is 1. The smallest absolute Gasteiger partial charge is 0.408 e. The molecule has 0 aliphatic carbocycles. The number of aryl methyl sites for hydroxylation is 1. The Hall–Kier alpha value is -3.40. The number of ketones is 1. The fourth-order valence-corrected chi connectivity index (χ4v) is 2.89. The van der Waals surface area contributed by atoms with Gasteiger partial charge >= 0.3 is 6.09 Å². The summed E-state index contributed by atoms with van der Waals surface area (Å²) in [5.41, 5.74) is 3.50. The number of rotatable bonds is 7. The third kappa shape index (κ3) is 5.55. The molecule has 1 atom stereocenters. The van der Waals surface area contributed by atoms with Crippen LogP contribution in [0.4, 0.5) is 4.79 Å². The molecule has 4 heteroatoms. The van der Waals surface area contributed by atoms with Gasteiger partial charge < -0.3 is 10.1 Å². The van der Waals surface area contributed by atoms with Crippen molar-refractivity contribution in [1.29, 1.82) is 0 Å². The molecule has 0 aliphatic rings. The number of hydrogen-bond donors (Lipinski definition) is 1. The van der Waals surface area contributed by atoms with Crippen LogP contribution in [0, 0.1) is 6.92 Å². The molecule has 0 aromatic heterocycles.